The predicted octanol–water partition coefficient (Wildman–Crippen LogP) is 1.89. The number of rotatable bonds is 4. The molecule has 0 radical (unpaired) electrons. The highest BCUT2D eigenvalue weighted by Crippen LogP contribution is 2.32. The van der Waals surface area contributed by atoms with Crippen LogP contribution in [-0.2, 0) is 14.8 Å². The van der Waals surface area contributed by atoms with Crippen LogP contribution < -0.4 is 5.32 Å². The molecule has 1 atom stereocenters. The van der Waals surface area contributed by atoms with Crippen molar-refractivity contribution in [3.8, 4) is 11.5 Å². The molecule has 8 heteroatoms. The highest BCUT2D eigenvalue weighted by molar-refractivity contribution is 7.89. The standard InChI is InChI=1S/C17H18N2O5S/c20-15-9-8-13(11-16(15)21)25(23,24)19-10-4-7-14(19)17(22)18-12-5-2-1-3-6-12/h1-3,5-6,8-9,11,14,20-21H,4,7,10H2,(H,18,22)/t14-/m0/s1. The van der Waals surface area contributed by atoms with Crippen molar-refractivity contribution in [3.05, 3.63) is 48.5 Å². The first-order valence-corrected chi connectivity index (χ1v) is 9.23. The Balaban J connectivity index is 1.85. The van der Waals surface area contributed by atoms with Crippen molar-refractivity contribution < 1.29 is 23.4 Å². The van der Waals surface area contributed by atoms with E-state index in [0.717, 1.165) is 16.4 Å². The molecule has 25 heavy (non-hydrogen) atoms. The molecule has 1 aliphatic heterocycles. The number of benzene rings is 2. The van der Waals surface area contributed by atoms with Gasteiger partial charge in [-0.25, -0.2) is 8.42 Å². The van der Waals surface area contributed by atoms with Crippen molar-refractivity contribution in [1.82, 2.24) is 4.31 Å². The first kappa shape index (κ1) is 17.2. The van der Waals surface area contributed by atoms with Gasteiger partial charge in [-0.1, -0.05) is 18.2 Å². The average Bonchev–Trinajstić information content (AvgIpc) is 3.09. The van der Waals surface area contributed by atoms with Crippen molar-refractivity contribution in [2.75, 3.05) is 11.9 Å². The summed E-state index contributed by atoms with van der Waals surface area (Å²) in [5, 5.41) is 21.6. The Hall–Kier alpha value is -2.58. The van der Waals surface area contributed by atoms with Crippen molar-refractivity contribution in [2.45, 2.75) is 23.8 Å². The van der Waals surface area contributed by atoms with Gasteiger partial charge in [-0.15, -0.1) is 0 Å². The summed E-state index contributed by atoms with van der Waals surface area (Å²) in [4.78, 5) is 12.4. The summed E-state index contributed by atoms with van der Waals surface area (Å²) in [7, 11) is -3.96. The molecule has 0 unspecified atom stereocenters. The molecule has 1 aliphatic rings. The number of carbonyl (C=O) groups excluding carboxylic acids is 1. The molecule has 1 saturated heterocycles. The third kappa shape index (κ3) is 3.45. The Bertz CT molecular complexity index is 883. The smallest absolute Gasteiger partial charge is 0.243 e. The second kappa shape index (κ2) is 6.73. The summed E-state index contributed by atoms with van der Waals surface area (Å²) < 4.78 is 26.8. The lowest BCUT2D eigenvalue weighted by Crippen LogP contribution is -2.43. The Morgan fingerprint density at radius 2 is 1.80 bits per heavy atom. The maximum atomic E-state index is 12.8. The van der Waals surface area contributed by atoms with Crippen molar-refractivity contribution in [1.29, 1.82) is 0 Å². The average molecular weight is 362 g/mol. The van der Waals surface area contributed by atoms with Gasteiger partial charge in [-0.2, -0.15) is 4.31 Å². The number of aromatic hydroxyl groups is 2. The number of phenols is 2. The molecule has 132 valence electrons. The number of carbonyl (C=O) groups is 1. The van der Waals surface area contributed by atoms with E-state index < -0.39 is 33.5 Å². The minimum absolute atomic E-state index is 0.165. The molecule has 0 spiro atoms. The van der Waals surface area contributed by atoms with E-state index >= 15 is 0 Å². The van der Waals surface area contributed by atoms with Gasteiger partial charge in [0, 0.05) is 18.3 Å². The second-order valence-corrected chi connectivity index (χ2v) is 7.67. The van der Waals surface area contributed by atoms with E-state index in [0.29, 0.717) is 18.5 Å². The number of hydrogen-bond acceptors (Lipinski definition) is 5. The van der Waals surface area contributed by atoms with Crippen LogP contribution in [0, 0.1) is 0 Å². The van der Waals surface area contributed by atoms with Gasteiger partial charge in [0.2, 0.25) is 15.9 Å². The summed E-state index contributed by atoms with van der Waals surface area (Å²) in [6, 6.07) is 11.3. The van der Waals surface area contributed by atoms with Crippen LogP contribution in [0.5, 0.6) is 11.5 Å². The molecule has 0 aliphatic carbocycles. The van der Waals surface area contributed by atoms with Crippen molar-refractivity contribution >= 4 is 21.6 Å². The molecule has 1 fully saturated rings. The van der Waals surface area contributed by atoms with Gasteiger partial charge in [0.25, 0.3) is 0 Å². The lowest BCUT2D eigenvalue weighted by Gasteiger charge is -2.23. The van der Waals surface area contributed by atoms with Gasteiger partial charge in [0.05, 0.1) is 4.90 Å². The number of phenolic OH excluding ortho intramolecular Hbond substituents is 2. The first-order valence-electron chi connectivity index (χ1n) is 7.79. The molecule has 0 aromatic heterocycles. The van der Waals surface area contributed by atoms with Crippen LogP contribution in [-0.4, -0.2) is 41.4 Å². The fraction of sp³-hybridized carbons (Fsp3) is 0.235. The van der Waals surface area contributed by atoms with Gasteiger partial charge in [0.1, 0.15) is 6.04 Å². The fourth-order valence-corrected chi connectivity index (χ4v) is 4.51. The minimum atomic E-state index is -3.96. The van der Waals surface area contributed by atoms with Crippen LogP contribution >= 0.6 is 0 Å². The lowest BCUT2D eigenvalue weighted by molar-refractivity contribution is -0.119. The van der Waals surface area contributed by atoms with Crippen molar-refractivity contribution in [2.24, 2.45) is 0 Å². The number of amides is 1. The van der Waals surface area contributed by atoms with Crippen LogP contribution in [0.15, 0.2) is 53.4 Å². The molecule has 1 heterocycles. The highest BCUT2D eigenvalue weighted by Gasteiger charge is 2.39. The lowest BCUT2D eigenvalue weighted by atomic mass is 10.2. The minimum Gasteiger partial charge on any atom is -0.504 e. The zero-order chi connectivity index (χ0) is 18.0. The van der Waals surface area contributed by atoms with E-state index in [9.17, 15) is 23.4 Å². The van der Waals surface area contributed by atoms with Gasteiger partial charge in [-0.3, -0.25) is 4.79 Å². The summed E-state index contributed by atoms with van der Waals surface area (Å²) in [5.74, 6) is -1.32. The largest absolute Gasteiger partial charge is 0.504 e. The third-order valence-corrected chi connectivity index (χ3v) is 6.01. The summed E-state index contributed by atoms with van der Waals surface area (Å²) in [6.45, 7) is 0.219. The summed E-state index contributed by atoms with van der Waals surface area (Å²) in [5.41, 5.74) is 0.596. The van der Waals surface area contributed by atoms with Gasteiger partial charge in [-0.05, 0) is 37.1 Å². The van der Waals surface area contributed by atoms with Crippen molar-refractivity contribution in [3.63, 3.8) is 0 Å². The maximum Gasteiger partial charge on any atom is 0.243 e. The molecule has 3 rings (SSSR count). The van der Waals surface area contributed by atoms with E-state index in [2.05, 4.69) is 5.32 Å². The van der Waals surface area contributed by atoms with Gasteiger partial charge >= 0.3 is 0 Å². The molecule has 2 aromatic rings. The van der Waals surface area contributed by atoms with Crippen LogP contribution in [0.25, 0.3) is 0 Å². The molecular formula is C17H18N2O5S. The Labute approximate surface area is 145 Å². The fourth-order valence-electron chi connectivity index (χ4n) is 2.84. The Morgan fingerprint density at radius 3 is 2.48 bits per heavy atom. The molecular weight excluding hydrogens is 344 g/mol. The first-order chi connectivity index (χ1) is 11.9. The van der Waals surface area contributed by atoms with Crippen LogP contribution in [0.2, 0.25) is 0 Å². The molecule has 3 N–H and O–H groups in total. The SMILES string of the molecule is O=C(Nc1ccccc1)[C@@H]1CCCN1S(=O)(=O)c1ccc(O)c(O)c1. The molecule has 0 saturated carbocycles. The zero-order valence-electron chi connectivity index (χ0n) is 13.3. The number of para-hydroxylation sites is 1. The zero-order valence-corrected chi connectivity index (χ0v) is 14.1. The van der Waals surface area contributed by atoms with Crippen LogP contribution in [0.1, 0.15) is 12.8 Å². The van der Waals surface area contributed by atoms with E-state index in [4.69, 9.17) is 0 Å². The van der Waals surface area contributed by atoms with Crippen LogP contribution in [0.4, 0.5) is 5.69 Å². The number of nitrogens with one attached hydrogen (secondary N) is 1. The number of anilines is 1. The van der Waals surface area contributed by atoms with E-state index in [1.54, 1.807) is 24.3 Å². The van der Waals surface area contributed by atoms with E-state index in [-0.39, 0.29) is 11.4 Å². The maximum absolute atomic E-state index is 12.8. The predicted molar refractivity (Wildman–Crippen MR) is 91.8 cm³/mol. The Morgan fingerprint density at radius 1 is 1.08 bits per heavy atom. The monoisotopic (exact) mass is 362 g/mol. The van der Waals surface area contributed by atoms with Gasteiger partial charge in [0.15, 0.2) is 11.5 Å². The highest BCUT2D eigenvalue weighted by atomic mass is 32.2. The quantitative estimate of drug-likeness (QED) is 0.720. The van der Waals surface area contributed by atoms with E-state index in [1.807, 2.05) is 6.07 Å². The summed E-state index contributed by atoms with van der Waals surface area (Å²) in [6.07, 6.45) is 0.984. The second-order valence-electron chi connectivity index (χ2n) is 5.78. The number of nitrogens with zero attached hydrogens (tertiary/aromatic N) is 1. The van der Waals surface area contributed by atoms with Crippen LogP contribution in [0.3, 0.4) is 0 Å². The third-order valence-electron chi connectivity index (χ3n) is 4.10. The topological polar surface area (TPSA) is 107 Å². The molecule has 0 bridgehead atoms. The Kier molecular flexibility index (Phi) is 4.65. The molecule has 7 nitrogen and oxygen atoms in total. The number of sulfonamides is 1. The summed E-state index contributed by atoms with van der Waals surface area (Å²) >= 11 is 0. The normalized spacial score (nSPS) is 18.2. The molecule has 1 amide bonds. The van der Waals surface area contributed by atoms with Gasteiger partial charge < -0.3 is 15.5 Å². The van der Waals surface area contributed by atoms with E-state index in [1.165, 1.54) is 6.07 Å². The number of hydrogen-bond donors (Lipinski definition) is 3. The molecule has 2 aromatic carbocycles.